The SMILES string of the molecule is CC1CCC2C(C1)C1C3CCCCC3C([Si](C)(C)C3CCCC3C)C1N2C. The van der Waals surface area contributed by atoms with Crippen molar-refractivity contribution in [3.05, 3.63) is 0 Å². The van der Waals surface area contributed by atoms with Crippen LogP contribution in [0, 0.1) is 35.5 Å². The predicted octanol–water partition coefficient (Wildman–Crippen LogP) is 6.81. The number of hydrogen-bond acceptors (Lipinski definition) is 1. The lowest BCUT2D eigenvalue weighted by molar-refractivity contribution is 0.116. The highest BCUT2D eigenvalue weighted by molar-refractivity contribution is 6.80. The molecule has 154 valence electrons. The lowest BCUT2D eigenvalue weighted by Gasteiger charge is -2.47. The van der Waals surface area contributed by atoms with Crippen LogP contribution in [0.2, 0.25) is 24.2 Å². The van der Waals surface area contributed by atoms with Gasteiger partial charge in [-0.3, -0.25) is 4.90 Å². The Hall–Kier alpha value is 0.177. The van der Waals surface area contributed by atoms with E-state index in [9.17, 15) is 0 Å². The average molecular weight is 388 g/mol. The summed E-state index contributed by atoms with van der Waals surface area (Å²) in [6, 6.07) is 1.90. The van der Waals surface area contributed by atoms with Gasteiger partial charge in [0.15, 0.2) is 0 Å². The summed E-state index contributed by atoms with van der Waals surface area (Å²) in [7, 11) is 1.32. The van der Waals surface area contributed by atoms with Gasteiger partial charge in [-0.1, -0.05) is 65.5 Å². The third-order valence-electron chi connectivity index (χ3n) is 10.9. The molecule has 0 radical (unpaired) electrons. The van der Waals surface area contributed by atoms with Gasteiger partial charge in [0, 0.05) is 12.1 Å². The first-order valence-corrected chi connectivity index (χ1v) is 15.8. The van der Waals surface area contributed by atoms with Gasteiger partial charge < -0.3 is 0 Å². The Morgan fingerprint density at radius 2 is 1.52 bits per heavy atom. The molecular weight excluding hydrogens is 342 g/mol. The molecule has 5 rings (SSSR count). The van der Waals surface area contributed by atoms with Crippen molar-refractivity contribution in [1.82, 2.24) is 4.90 Å². The van der Waals surface area contributed by atoms with E-state index in [0.29, 0.717) is 0 Å². The van der Waals surface area contributed by atoms with Crippen LogP contribution in [0.3, 0.4) is 0 Å². The van der Waals surface area contributed by atoms with Crippen LogP contribution < -0.4 is 0 Å². The summed E-state index contributed by atoms with van der Waals surface area (Å²) in [6.45, 7) is 10.9. The molecule has 1 nitrogen and oxygen atoms in total. The van der Waals surface area contributed by atoms with Gasteiger partial charge in [0.05, 0.1) is 8.07 Å². The molecule has 1 saturated heterocycles. The first-order chi connectivity index (χ1) is 12.9. The van der Waals surface area contributed by atoms with Crippen molar-refractivity contribution < 1.29 is 0 Å². The summed E-state index contributed by atoms with van der Waals surface area (Å²) >= 11 is 0. The molecule has 10 atom stereocenters. The summed E-state index contributed by atoms with van der Waals surface area (Å²) < 4.78 is 0. The van der Waals surface area contributed by atoms with E-state index in [1.54, 1.807) is 25.7 Å². The monoisotopic (exact) mass is 387 g/mol. The van der Waals surface area contributed by atoms with Gasteiger partial charge in [0.25, 0.3) is 0 Å². The molecule has 0 aromatic carbocycles. The molecule has 0 aromatic heterocycles. The minimum absolute atomic E-state index is 0.937. The van der Waals surface area contributed by atoms with Gasteiger partial charge in [-0.15, -0.1) is 0 Å². The average Bonchev–Trinajstić information content (AvgIpc) is 3.29. The molecule has 1 heterocycles. The largest absolute Gasteiger partial charge is 0.300 e. The second-order valence-electron chi connectivity index (χ2n) is 12.4. The van der Waals surface area contributed by atoms with Crippen LogP contribution in [-0.4, -0.2) is 32.1 Å². The van der Waals surface area contributed by atoms with Crippen LogP contribution >= 0.6 is 0 Å². The minimum atomic E-state index is -1.26. The third kappa shape index (κ3) is 2.78. The summed E-state index contributed by atoms with van der Waals surface area (Å²) in [5.41, 5.74) is 2.21. The first kappa shape index (κ1) is 19.2. The van der Waals surface area contributed by atoms with E-state index in [2.05, 4.69) is 38.9 Å². The van der Waals surface area contributed by atoms with E-state index < -0.39 is 8.07 Å². The second-order valence-corrected chi connectivity index (χ2v) is 17.4. The molecule has 0 spiro atoms. The fraction of sp³-hybridized carbons (Fsp3) is 1.00. The van der Waals surface area contributed by atoms with Gasteiger partial charge in [-0.2, -0.15) is 0 Å². The van der Waals surface area contributed by atoms with Crippen molar-refractivity contribution in [1.29, 1.82) is 0 Å². The summed E-state index contributed by atoms with van der Waals surface area (Å²) in [5.74, 6) is 6.32. The molecule has 0 N–H and O–H groups in total. The highest BCUT2D eigenvalue weighted by Gasteiger charge is 2.65. The quantitative estimate of drug-likeness (QED) is 0.470. The summed E-state index contributed by atoms with van der Waals surface area (Å²) in [6.07, 6.45) is 15.4. The Labute approximate surface area is 170 Å². The lowest BCUT2D eigenvalue weighted by Crippen LogP contribution is -2.50. The normalized spacial score (nSPS) is 53.2. The van der Waals surface area contributed by atoms with E-state index in [1.165, 1.54) is 38.5 Å². The van der Waals surface area contributed by atoms with Gasteiger partial charge in [0.2, 0.25) is 0 Å². The number of likely N-dealkylation sites (tertiary alicyclic amines) is 1. The maximum Gasteiger partial charge on any atom is 0.0558 e. The van der Waals surface area contributed by atoms with Crippen LogP contribution in [0.25, 0.3) is 0 Å². The highest BCUT2D eigenvalue weighted by Crippen LogP contribution is 2.67. The molecule has 27 heavy (non-hydrogen) atoms. The highest BCUT2D eigenvalue weighted by atomic mass is 28.3. The number of nitrogens with zero attached hydrogens (tertiary/aromatic N) is 1. The first-order valence-electron chi connectivity index (χ1n) is 12.6. The number of fused-ring (bicyclic) bond motifs is 5. The van der Waals surface area contributed by atoms with Crippen LogP contribution in [0.15, 0.2) is 0 Å². The summed E-state index contributed by atoms with van der Waals surface area (Å²) in [5, 5.41) is 0. The van der Waals surface area contributed by atoms with Gasteiger partial charge >= 0.3 is 0 Å². The van der Waals surface area contributed by atoms with Gasteiger partial charge in [0.1, 0.15) is 0 Å². The third-order valence-corrected chi connectivity index (χ3v) is 16.1. The Kier molecular flexibility index (Phi) is 4.87. The Morgan fingerprint density at radius 1 is 0.778 bits per heavy atom. The molecule has 0 bridgehead atoms. The maximum atomic E-state index is 3.01. The van der Waals surface area contributed by atoms with Crippen molar-refractivity contribution in [3.8, 4) is 0 Å². The topological polar surface area (TPSA) is 3.24 Å². The van der Waals surface area contributed by atoms with E-state index in [4.69, 9.17) is 0 Å². The molecule has 4 saturated carbocycles. The van der Waals surface area contributed by atoms with Crippen molar-refractivity contribution in [2.75, 3.05) is 7.05 Å². The zero-order valence-electron chi connectivity index (χ0n) is 18.8. The molecule has 10 unspecified atom stereocenters. The van der Waals surface area contributed by atoms with Crippen LogP contribution in [-0.2, 0) is 0 Å². The fourth-order valence-corrected chi connectivity index (χ4v) is 15.9. The van der Waals surface area contributed by atoms with Gasteiger partial charge in [-0.05, 0) is 79.3 Å². The van der Waals surface area contributed by atoms with Crippen molar-refractivity contribution >= 4 is 8.07 Å². The smallest absolute Gasteiger partial charge is 0.0558 e. The Balaban J connectivity index is 1.53. The van der Waals surface area contributed by atoms with Crippen molar-refractivity contribution in [2.45, 2.75) is 114 Å². The molecule has 0 aromatic rings. The van der Waals surface area contributed by atoms with E-state index in [1.807, 2.05) is 0 Å². The molecule has 4 aliphatic carbocycles. The molecule has 2 heteroatoms. The van der Waals surface area contributed by atoms with E-state index >= 15 is 0 Å². The van der Waals surface area contributed by atoms with Crippen LogP contribution in [0.1, 0.15) is 78.1 Å². The Morgan fingerprint density at radius 3 is 2.22 bits per heavy atom. The number of rotatable bonds is 2. The molecule has 0 amide bonds. The zero-order chi connectivity index (χ0) is 18.9. The van der Waals surface area contributed by atoms with Crippen molar-refractivity contribution in [3.63, 3.8) is 0 Å². The van der Waals surface area contributed by atoms with E-state index in [-0.39, 0.29) is 0 Å². The second kappa shape index (κ2) is 6.86. The molecule has 5 fully saturated rings. The van der Waals surface area contributed by atoms with Gasteiger partial charge in [-0.25, -0.2) is 0 Å². The number of hydrogen-bond donors (Lipinski definition) is 0. The van der Waals surface area contributed by atoms with Crippen LogP contribution in [0.4, 0.5) is 0 Å². The fourth-order valence-electron chi connectivity index (χ4n) is 9.99. The Bertz CT molecular complexity index is 559. The maximum absolute atomic E-state index is 3.01. The molecule has 5 aliphatic rings. The van der Waals surface area contributed by atoms with Crippen LogP contribution in [0.5, 0.6) is 0 Å². The summed E-state index contributed by atoms with van der Waals surface area (Å²) in [4.78, 5) is 3.01. The molecular formula is C25H45NSi. The standard InChI is InChI=1S/C25H45NSi/c1-16-13-14-21-20(15-16)23-18-10-6-7-11-19(18)25(24(23)26(21)3)27(4,5)22-12-8-9-17(22)2/h16-25H,6-15H2,1-5H3. The lowest BCUT2D eigenvalue weighted by atomic mass is 9.68. The predicted molar refractivity (Wildman–Crippen MR) is 119 cm³/mol. The van der Waals surface area contributed by atoms with E-state index in [0.717, 1.165) is 58.7 Å². The van der Waals surface area contributed by atoms with Crippen molar-refractivity contribution in [2.24, 2.45) is 35.5 Å². The zero-order valence-corrected chi connectivity index (χ0v) is 19.8. The minimum Gasteiger partial charge on any atom is -0.300 e. The molecule has 1 aliphatic heterocycles.